The van der Waals surface area contributed by atoms with Crippen molar-refractivity contribution in [1.82, 2.24) is 19.8 Å². The maximum atomic E-state index is 13.2. The molecule has 2 aromatic heterocycles. The number of hydrogen-bond donors (Lipinski definition) is 0. The highest BCUT2D eigenvalue weighted by molar-refractivity contribution is 5.93. The first-order valence-corrected chi connectivity index (χ1v) is 10.6. The van der Waals surface area contributed by atoms with Crippen molar-refractivity contribution in [2.24, 2.45) is 5.92 Å². The average molecular weight is 415 g/mol. The minimum absolute atomic E-state index is 0.105. The highest BCUT2D eigenvalue weighted by atomic mass is 16.2. The van der Waals surface area contributed by atoms with Crippen molar-refractivity contribution in [2.75, 3.05) is 26.2 Å². The molecule has 158 valence electrons. The molecular formula is C25H26N4O2. The van der Waals surface area contributed by atoms with E-state index in [2.05, 4.69) is 22.1 Å². The van der Waals surface area contributed by atoms with E-state index >= 15 is 0 Å². The molecular weight excluding hydrogens is 388 g/mol. The second-order valence-corrected chi connectivity index (χ2v) is 7.72. The summed E-state index contributed by atoms with van der Waals surface area (Å²) < 4.78 is 0. The molecule has 1 unspecified atom stereocenters. The van der Waals surface area contributed by atoms with Crippen molar-refractivity contribution < 1.29 is 9.59 Å². The van der Waals surface area contributed by atoms with Crippen molar-refractivity contribution in [3.8, 4) is 11.1 Å². The Kier molecular flexibility index (Phi) is 6.36. The lowest BCUT2D eigenvalue weighted by Gasteiger charge is -2.23. The number of hydrogen-bond acceptors (Lipinski definition) is 4. The van der Waals surface area contributed by atoms with E-state index in [9.17, 15) is 9.59 Å². The summed E-state index contributed by atoms with van der Waals surface area (Å²) in [6.45, 7) is 4.07. The van der Waals surface area contributed by atoms with Crippen LogP contribution < -0.4 is 0 Å². The van der Waals surface area contributed by atoms with Gasteiger partial charge in [-0.1, -0.05) is 30.3 Å². The lowest BCUT2D eigenvalue weighted by Crippen LogP contribution is -2.38. The summed E-state index contributed by atoms with van der Waals surface area (Å²) in [5.41, 5.74) is 3.68. The Labute approximate surface area is 182 Å². The zero-order valence-corrected chi connectivity index (χ0v) is 17.6. The van der Waals surface area contributed by atoms with Crippen LogP contribution in [0, 0.1) is 5.92 Å². The molecule has 3 aromatic rings. The molecule has 6 nitrogen and oxygen atoms in total. The Morgan fingerprint density at radius 1 is 1.00 bits per heavy atom. The van der Waals surface area contributed by atoms with E-state index < -0.39 is 0 Å². The summed E-state index contributed by atoms with van der Waals surface area (Å²) in [6.07, 6.45) is 5.75. The van der Waals surface area contributed by atoms with Crippen LogP contribution in [-0.2, 0) is 11.2 Å². The summed E-state index contributed by atoms with van der Waals surface area (Å²) in [4.78, 5) is 38.1. The molecule has 2 amide bonds. The van der Waals surface area contributed by atoms with E-state index in [0.29, 0.717) is 38.3 Å². The molecule has 0 N–H and O–H groups in total. The molecule has 1 fully saturated rings. The van der Waals surface area contributed by atoms with Gasteiger partial charge in [-0.15, -0.1) is 0 Å². The molecule has 4 rings (SSSR count). The number of pyridine rings is 2. The van der Waals surface area contributed by atoms with Crippen LogP contribution in [0.1, 0.15) is 23.0 Å². The lowest BCUT2D eigenvalue weighted by molar-refractivity contribution is -0.134. The van der Waals surface area contributed by atoms with E-state index in [4.69, 9.17) is 0 Å². The number of rotatable bonds is 5. The number of aromatic nitrogens is 2. The predicted octanol–water partition coefficient (Wildman–Crippen LogP) is 3.31. The topological polar surface area (TPSA) is 66.4 Å². The number of amides is 2. The van der Waals surface area contributed by atoms with Gasteiger partial charge < -0.3 is 9.80 Å². The number of carbonyl (C=O) groups excluding carboxylic acids is 2. The van der Waals surface area contributed by atoms with E-state index in [-0.39, 0.29) is 17.7 Å². The molecule has 1 aliphatic rings. The normalized spacial score (nSPS) is 16.8. The second-order valence-electron chi connectivity index (χ2n) is 7.72. The van der Waals surface area contributed by atoms with Crippen LogP contribution in [0.15, 0.2) is 73.2 Å². The van der Waals surface area contributed by atoms with Crippen LogP contribution in [0.25, 0.3) is 11.1 Å². The van der Waals surface area contributed by atoms with Crippen LogP contribution in [-0.4, -0.2) is 57.8 Å². The van der Waals surface area contributed by atoms with Crippen LogP contribution >= 0.6 is 0 Å². The average Bonchev–Trinajstić information content (AvgIpc) is 2.98. The summed E-state index contributed by atoms with van der Waals surface area (Å²) in [6, 6.07) is 17.5. The Morgan fingerprint density at radius 2 is 1.84 bits per heavy atom. The van der Waals surface area contributed by atoms with E-state index in [1.54, 1.807) is 35.6 Å². The molecule has 1 aliphatic heterocycles. The van der Waals surface area contributed by atoms with Gasteiger partial charge in [-0.3, -0.25) is 19.6 Å². The molecule has 0 bridgehead atoms. The van der Waals surface area contributed by atoms with Gasteiger partial charge >= 0.3 is 0 Å². The number of benzene rings is 1. The number of likely N-dealkylation sites (N-methyl/N-ethyl adjacent to an activating group) is 1. The largest absolute Gasteiger partial charge is 0.341 e. The molecule has 0 aliphatic carbocycles. The Hall–Kier alpha value is -3.54. The fourth-order valence-electron chi connectivity index (χ4n) is 4.05. The molecule has 1 atom stereocenters. The van der Waals surface area contributed by atoms with Crippen molar-refractivity contribution in [3.05, 3.63) is 84.4 Å². The van der Waals surface area contributed by atoms with Crippen LogP contribution in [0.2, 0.25) is 0 Å². The quantitative estimate of drug-likeness (QED) is 0.643. The van der Waals surface area contributed by atoms with Gasteiger partial charge in [0, 0.05) is 44.8 Å². The molecule has 0 saturated carbocycles. The zero-order chi connectivity index (χ0) is 21.6. The Bertz CT molecular complexity index is 1040. The summed E-state index contributed by atoms with van der Waals surface area (Å²) in [5.74, 6) is -0.308. The molecule has 6 heteroatoms. The van der Waals surface area contributed by atoms with Gasteiger partial charge in [-0.2, -0.15) is 0 Å². The second kappa shape index (κ2) is 9.51. The van der Waals surface area contributed by atoms with Gasteiger partial charge in [0.2, 0.25) is 5.91 Å². The van der Waals surface area contributed by atoms with Gasteiger partial charge in [0.05, 0.1) is 5.92 Å². The zero-order valence-electron chi connectivity index (χ0n) is 17.6. The molecule has 1 aromatic carbocycles. The van der Waals surface area contributed by atoms with Crippen molar-refractivity contribution >= 4 is 11.8 Å². The van der Waals surface area contributed by atoms with Gasteiger partial charge in [0.25, 0.3) is 5.91 Å². The first kappa shape index (κ1) is 20.7. The van der Waals surface area contributed by atoms with Gasteiger partial charge in [0.15, 0.2) is 0 Å². The van der Waals surface area contributed by atoms with E-state index in [0.717, 1.165) is 16.7 Å². The van der Waals surface area contributed by atoms with Crippen molar-refractivity contribution in [3.63, 3.8) is 0 Å². The van der Waals surface area contributed by atoms with Gasteiger partial charge in [-0.25, -0.2) is 0 Å². The van der Waals surface area contributed by atoms with Gasteiger partial charge in [-0.05, 0) is 54.3 Å². The number of carbonyl (C=O) groups is 2. The monoisotopic (exact) mass is 414 g/mol. The molecule has 3 heterocycles. The first-order valence-electron chi connectivity index (χ1n) is 10.6. The lowest BCUT2D eigenvalue weighted by atomic mass is 9.95. The van der Waals surface area contributed by atoms with Crippen LogP contribution in [0.4, 0.5) is 0 Å². The molecule has 1 saturated heterocycles. The third-order valence-corrected chi connectivity index (χ3v) is 5.72. The highest BCUT2D eigenvalue weighted by Gasteiger charge is 2.32. The van der Waals surface area contributed by atoms with Crippen molar-refractivity contribution in [1.29, 1.82) is 0 Å². The maximum absolute atomic E-state index is 13.2. The Morgan fingerprint density at radius 3 is 2.58 bits per heavy atom. The molecule has 0 radical (unpaired) electrons. The summed E-state index contributed by atoms with van der Waals surface area (Å²) in [7, 11) is 0. The third kappa shape index (κ3) is 4.79. The SMILES string of the molecule is CCN1CCN(C(=O)c2ccccn2)CC(Cc2cccc(-c3ccncc3)c2)C1=O. The van der Waals surface area contributed by atoms with Gasteiger partial charge in [0.1, 0.15) is 5.69 Å². The predicted molar refractivity (Wildman–Crippen MR) is 119 cm³/mol. The fourth-order valence-corrected chi connectivity index (χ4v) is 4.05. The van der Waals surface area contributed by atoms with E-state index in [1.807, 2.05) is 42.2 Å². The smallest absolute Gasteiger partial charge is 0.272 e. The van der Waals surface area contributed by atoms with Crippen LogP contribution in [0.5, 0.6) is 0 Å². The van der Waals surface area contributed by atoms with Crippen molar-refractivity contribution in [2.45, 2.75) is 13.3 Å². The Balaban J connectivity index is 1.57. The number of nitrogens with zero attached hydrogens (tertiary/aromatic N) is 4. The third-order valence-electron chi connectivity index (χ3n) is 5.72. The molecule has 0 spiro atoms. The minimum atomic E-state index is -0.289. The van der Waals surface area contributed by atoms with E-state index in [1.165, 1.54) is 0 Å². The summed E-state index contributed by atoms with van der Waals surface area (Å²) in [5, 5.41) is 0. The standard InChI is InChI=1S/C25H26N4O2/c1-2-28-14-15-29(25(31)23-8-3-4-11-27-23)18-22(24(28)30)17-19-6-5-7-21(16-19)20-9-12-26-13-10-20/h3-13,16,22H,2,14-15,17-18H2,1H3. The first-order chi connectivity index (χ1) is 15.2. The minimum Gasteiger partial charge on any atom is -0.341 e. The summed E-state index contributed by atoms with van der Waals surface area (Å²) >= 11 is 0. The highest BCUT2D eigenvalue weighted by Crippen LogP contribution is 2.23. The fraction of sp³-hybridized carbons (Fsp3) is 0.280. The molecule has 31 heavy (non-hydrogen) atoms. The van der Waals surface area contributed by atoms with Crippen LogP contribution in [0.3, 0.4) is 0 Å². The maximum Gasteiger partial charge on any atom is 0.272 e.